The molecule has 1 aliphatic rings. The molecular weight excluding hydrogens is 358 g/mol. The van der Waals surface area contributed by atoms with Crippen LogP contribution in [0.2, 0.25) is 0 Å². The van der Waals surface area contributed by atoms with E-state index in [-0.39, 0.29) is 11.8 Å². The monoisotopic (exact) mass is 379 g/mol. The minimum Gasteiger partial charge on any atom is -0.497 e. The van der Waals surface area contributed by atoms with E-state index >= 15 is 0 Å². The predicted molar refractivity (Wildman–Crippen MR) is 104 cm³/mol. The Labute approximate surface area is 162 Å². The van der Waals surface area contributed by atoms with Gasteiger partial charge in [-0.2, -0.15) is 4.98 Å². The van der Waals surface area contributed by atoms with Gasteiger partial charge in [-0.15, -0.1) is 0 Å². The fourth-order valence-corrected chi connectivity index (χ4v) is 3.39. The van der Waals surface area contributed by atoms with Gasteiger partial charge in [0, 0.05) is 30.5 Å². The largest absolute Gasteiger partial charge is 0.497 e. The van der Waals surface area contributed by atoms with Gasteiger partial charge in [0.05, 0.1) is 19.9 Å². The van der Waals surface area contributed by atoms with E-state index < -0.39 is 0 Å². The van der Waals surface area contributed by atoms with Gasteiger partial charge in [0.15, 0.2) is 5.82 Å². The lowest BCUT2D eigenvalue weighted by Gasteiger charge is -2.19. The first kappa shape index (κ1) is 18.0. The molecule has 7 heteroatoms. The summed E-state index contributed by atoms with van der Waals surface area (Å²) in [5.41, 5.74) is 2.64. The lowest BCUT2D eigenvalue weighted by molar-refractivity contribution is -0.117. The second-order valence-corrected chi connectivity index (χ2v) is 6.75. The Morgan fingerprint density at radius 1 is 1.11 bits per heavy atom. The van der Waals surface area contributed by atoms with Crippen LogP contribution in [0.25, 0.3) is 11.5 Å². The summed E-state index contributed by atoms with van der Waals surface area (Å²) in [5.74, 6) is 2.30. The maximum atomic E-state index is 12.7. The number of carbonyl (C=O) groups is 1. The first-order chi connectivity index (χ1) is 13.6. The molecule has 144 valence electrons. The van der Waals surface area contributed by atoms with Crippen LogP contribution in [0.5, 0.6) is 11.5 Å². The summed E-state index contributed by atoms with van der Waals surface area (Å²) < 4.78 is 16.0. The lowest BCUT2D eigenvalue weighted by atomic mass is 10.1. The third-order valence-electron chi connectivity index (χ3n) is 4.96. The number of ether oxygens (including phenoxy) is 2. The highest BCUT2D eigenvalue weighted by atomic mass is 16.5. The van der Waals surface area contributed by atoms with Crippen LogP contribution < -0.4 is 14.4 Å². The van der Waals surface area contributed by atoms with Crippen molar-refractivity contribution < 1.29 is 18.8 Å². The van der Waals surface area contributed by atoms with Gasteiger partial charge in [-0.25, -0.2) is 0 Å². The first-order valence-corrected chi connectivity index (χ1v) is 9.02. The molecule has 2 aromatic carbocycles. The molecule has 1 fully saturated rings. The number of methoxy groups -OCH3 is 2. The highest BCUT2D eigenvalue weighted by Crippen LogP contribution is 2.35. The summed E-state index contributed by atoms with van der Waals surface area (Å²) in [6.07, 6.45) is 0.341. The van der Waals surface area contributed by atoms with Gasteiger partial charge in [-0.3, -0.25) is 4.79 Å². The van der Waals surface area contributed by atoms with Gasteiger partial charge in [0.25, 0.3) is 5.89 Å². The number of aryl methyl sites for hydroxylation is 1. The Morgan fingerprint density at radius 3 is 2.68 bits per heavy atom. The van der Waals surface area contributed by atoms with Crippen LogP contribution in [0.3, 0.4) is 0 Å². The summed E-state index contributed by atoms with van der Waals surface area (Å²) in [4.78, 5) is 18.9. The smallest absolute Gasteiger partial charge is 0.258 e. The van der Waals surface area contributed by atoms with Crippen LogP contribution in [0.4, 0.5) is 5.69 Å². The quantitative estimate of drug-likeness (QED) is 0.674. The average molecular weight is 379 g/mol. The Hall–Kier alpha value is -3.35. The second-order valence-electron chi connectivity index (χ2n) is 6.75. The van der Waals surface area contributed by atoms with Gasteiger partial charge in [-0.05, 0) is 36.8 Å². The first-order valence-electron chi connectivity index (χ1n) is 9.02. The highest BCUT2D eigenvalue weighted by molar-refractivity contribution is 5.97. The second kappa shape index (κ2) is 7.34. The number of rotatable bonds is 5. The van der Waals surface area contributed by atoms with Crippen molar-refractivity contribution in [2.24, 2.45) is 0 Å². The lowest BCUT2D eigenvalue weighted by Crippen LogP contribution is -2.25. The Kier molecular flexibility index (Phi) is 4.73. The van der Waals surface area contributed by atoms with Crippen molar-refractivity contribution in [2.75, 3.05) is 25.7 Å². The number of hydrogen-bond acceptors (Lipinski definition) is 6. The van der Waals surface area contributed by atoms with Crippen molar-refractivity contribution in [3.8, 4) is 23.0 Å². The van der Waals surface area contributed by atoms with Crippen molar-refractivity contribution in [2.45, 2.75) is 19.3 Å². The molecule has 1 saturated heterocycles. The Morgan fingerprint density at radius 2 is 1.89 bits per heavy atom. The number of amides is 1. The summed E-state index contributed by atoms with van der Waals surface area (Å²) in [5, 5.41) is 4.12. The molecule has 1 amide bonds. The number of aromatic nitrogens is 2. The van der Waals surface area contributed by atoms with E-state index in [1.807, 2.05) is 49.4 Å². The van der Waals surface area contributed by atoms with Crippen molar-refractivity contribution in [3.63, 3.8) is 0 Å². The van der Waals surface area contributed by atoms with E-state index in [4.69, 9.17) is 14.0 Å². The average Bonchev–Trinajstić information content (AvgIpc) is 3.35. The van der Waals surface area contributed by atoms with E-state index in [0.29, 0.717) is 30.4 Å². The number of nitrogens with zero attached hydrogens (tertiary/aromatic N) is 3. The van der Waals surface area contributed by atoms with Crippen LogP contribution in [0.1, 0.15) is 23.7 Å². The van der Waals surface area contributed by atoms with Gasteiger partial charge in [-0.1, -0.05) is 17.3 Å². The van der Waals surface area contributed by atoms with Crippen LogP contribution in [-0.2, 0) is 4.79 Å². The van der Waals surface area contributed by atoms with Crippen molar-refractivity contribution in [1.82, 2.24) is 10.1 Å². The minimum atomic E-state index is -0.124. The zero-order valence-corrected chi connectivity index (χ0v) is 16.0. The number of carbonyl (C=O) groups excluding carboxylic acids is 1. The molecule has 7 nitrogen and oxygen atoms in total. The molecule has 0 saturated carbocycles. The molecular formula is C21H21N3O4. The van der Waals surface area contributed by atoms with Gasteiger partial charge in [0.1, 0.15) is 11.5 Å². The summed E-state index contributed by atoms with van der Waals surface area (Å²) in [6, 6.07) is 13.2. The third-order valence-corrected chi connectivity index (χ3v) is 4.96. The van der Waals surface area contributed by atoms with Crippen LogP contribution in [0, 0.1) is 6.92 Å². The predicted octanol–water partition coefficient (Wildman–Crippen LogP) is 3.58. The molecule has 0 aliphatic carbocycles. The zero-order valence-electron chi connectivity index (χ0n) is 16.0. The van der Waals surface area contributed by atoms with Gasteiger partial charge < -0.3 is 18.9 Å². The zero-order chi connectivity index (χ0) is 19.7. The van der Waals surface area contributed by atoms with Crippen LogP contribution >= 0.6 is 0 Å². The van der Waals surface area contributed by atoms with E-state index in [1.165, 1.54) is 0 Å². The van der Waals surface area contributed by atoms with E-state index in [0.717, 1.165) is 22.6 Å². The fraction of sp³-hybridized carbons (Fsp3) is 0.286. The molecule has 28 heavy (non-hydrogen) atoms. The Bertz CT molecular complexity index is 1010. The van der Waals surface area contributed by atoms with E-state index in [2.05, 4.69) is 10.1 Å². The molecule has 1 unspecified atom stereocenters. The van der Waals surface area contributed by atoms with Crippen LogP contribution in [-0.4, -0.2) is 36.8 Å². The van der Waals surface area contributed by atoms with Crippen molar-refractivity contribution in [3.05, 3.63) is 53.9 Å². The number of anilines is 1. The molecule has 4 rings (SSSR count). The fourth-order valence-electron chi connectivity index (χ4n) is 3.39. The maximum absolute atomic E-state index is 12.7. The number of hydrogen-bond donors (Lipinski definition) is 0. The Balaban J connectivity index is 1.57. The SMILES string of the molecule is COc1cccc(-c2nc(C3CC(=O)N(c4cc(OC)ccc4C)C3)no2)c1. The number of benzene rings is 2. The topological polar surface area (TPSA) is 77.7 Å². The van der Waals surface area contributed by atoms with Crippen molar-refractivity contribution >= 4 is 11.6 Å². The van der Waals surface area contributed by atoms with Gasteiger partial charge in [0.2, 0.25) is 5.91 Å². The summed E-state index contributed by atoms with van der Waals surface area (Å²) in [7, 11) is 3.22. The molecule has 1 aromatic heterocycles. The molecule has 1 atom stereocenters. The maximum Gasteiger partial charge on any atom is 0.258 e. The molecule has 3 aromatic rings. The molecule has 0 spiro atoms. The molecule has 0 N–H and O–H groups in total. The normalized spacial score (nSPS) is 16.5. The van der Waals surface area contributed by atoms with Gasteiger partial charge >= 0.3 is 0 Å². The van der Waals surface area contributed by atoms with E-state index in [1.54, 1.807) is 19.1 Å². The molecule has 2 heterocycles. The highest BCUT2D eigenvalue weighted by Gasteiger charge is 2.35. The summed E-state index contributed by atoms with van der Waals surface area (Å²) >= 11 is 0. The van der Waals surface area contributed by atoms with Crippen LogP contribution in [0.15, 0.2) is 47.0 Å². The standard InChI is InChI=1S/C21H21N3O4/c1-13-7-8-17(27-3)11-18(13)24-12-15(10-19(24)25)20-22-21(28-23-20)14-5-4-6-16(9-14)26-2/h4-9,11,15H,10,12H2,1-3H3. The molecule has 0 bridgehead atoms. The van der Waals surface area contributed by atoms with Crippen molar-refractivity contribution in [1.29, 1.82) is 0 Å². The minimum absolute atomic E-state index is 0.0362. The van der Waals surface area contributed by atoms with E-state index in [9.17, 15) is 4.79 Å². The third kappa shape index (κ3) is 3.31. The molecule has 1 aliphatic heterocycles. The summed E-state index contributed by atoms with van der Waals surface area (Å²) in [6.45, 7) is 2.48. The molecule has 0 radical (unpaired) electrons.